The van der Waals surface area contributed by atoms with Gasteiger partial charge in [-0.3, -0.25) is 14.5 Å². The van der Waals surface area contributed by atoms with Crippen LogP contribution in [0.3, 0.4) is 0 Å². The van der Waals surface area contributed by atoms with Gasteiger partial charge in [-0.15, -0.1) is 12.4 Å². The van der Waals surface area contributed by atoms with Crippen LogP contribution >= 0.6 is 12.4 Å². The van der Waals surface area contributed by atoms with E-state index in [1.54, 1.807) is 0 Å². The van der Waals surface area contributed by atoms with Crippen molar-refractivity contribution in [3.05, 3.63) is 24.3 Å². The second-order valence-corrected chi connectivity index (χ2v) is 7.73. The summed E-state index contributed by atoms with van der Waals surface area (Å²) in [5, 5.41) is 6.24. The third-order valence-corrected chi connectivity index (χ3v) is 5.90. The number of benzene rings is 1. The molecule has 0 bridgehead atoms. The number of likely N-dealkylation sites (tertiary alicyclic amines) is 1. The zero-order chi connectivity index (χ0) is 19.2. The van der Waals surface area contributed by atoms with E-state index in [2.05, 4.69) is 15.5 Å². The molecule has 1 atom stereocenters. The number of hydrogen-bond acceptors (Lipinski definition) is 4. The van der Waals surface area contributed by atoms with Crippen LogP contribution in [0.25, 0.3) is 0 Å². The van der Waals surface area contributed by atoms with Crippen molar-refractivity contribution < 1.29 is 9.59 Å². The Balaban J connectivity index is 0.00000280. The molecule has 3 rings (SSSR count). The predicted octanol–water partition coefficient (Wildman–Crippen LogP) is 2.88. The first-order chi connectivity index (χ1) is 13.1. The lowest BCUT2D eigenvalue weighted by atomic mass is 9.93. The van der Waals surface area contributed by atoms with Gasteiger partial charge in [0, 0.05) is 24.3 Å². The Kier molecular flexibility index (Phi) is 8.73. The van der Waals surface area contributed by atoms with Gasteiger partial charge < -0.3 is 15.5 Å². The highest BCUT2D eigenvalue weighted by molar-refractivity contribution is 5.97. The Morgan fingerprint density at radius 1 is 1.18 bits per heavy atom. The first kappa shape index (κ1) is 22.7. The number of nitrogens with one attached hydrogen (secondary N) is 2. The van der Waals surface area contributed by atoms with Gasteiger partial charge in [0.05, 0.1) is 6.04 Å². The van der Waals surface area contributed by atoms with Crippen LogP contribution in [0.15, 0.2) is 24.3 Å². The molecule has 2 aliphatic rings. The molecular formula is C21H33ClN4O2. The van der Waals surface area contributed by atoms with Crippen LogP contribution in [-0.4, -0.2) is 56.0 Å². The summed E-state index contributed by atoms with van der Waals surface area (Å²) in [6, 6.07) is 7.47. The number of piperidine rings is 1. The molecule has 28 heavy (non-hydrogen) atoms. The Hall–Kier alpha value is -1.63. The number of hydrogen-bond donors (Lipinski definition) is 2. The molecule has 0 saturated carbocycles. The van der Waals surface area contributed by atoms with Crippen LogP contribution in [0.1, 0.15) is 39.0 Å². The van der Waals surface area contributed by atoms with Crippen LogP contribution in [0.5, 0.6) is 0 Å². The van der Waals surface area contributed by atoms with E-state index in [-0.39, 0.29) is 30.3 Å². The Labute approximate surface area is 174 Å². The zero-order valence-corrected chi connectivity index (χ0v) is 17.8. The average molecular weight is 409 g/mol. The SMILES string of the molecule is CNCCC1CCN(C(C)C(=O)Nc2ccc(N3CCCC3=O)cc2)CC1.Cl. The molecule has 2 amide bonds. The van der Waals surface area contributed by atoms with E-state index in [1.165, 1.54) is 6.42 Å². The van der Waals surface area contributed by atoms with Gasteiger partial charge in [0.2, 0.25) is 11.8 Å². The van der Waals surface area contributed by atoms with Crippen LogP contribution in [0.4, 0.5) is 11.4 Å². The minimum absolute atomic E-state index is 0. The molecule has 2 aliphatic heterocycles. The molecule has 2 fully saturated rings. The highest BCUT2D eigenvalue weighted by Gasteiger charge is 2.26. The van der Waals surface area contributed by atoms with Crippen molar-refractivity contribution in [3.63, 3.8) is 0 Å². The normalized spacial score (nSPS) is 19.4. The van der Waals surface area contributed by atoms with Crippen molar-refractivity contribution in [2.75, 3.05) is 43.4 Å². The number of rotatable bonds is 7. The number of halogens is 1. The second-order valence-electron chi connectivity index (χ2n) is 7.73. The third kappa shape index (κ3) is 5.69. The smallest absolute Gasteiger partial charge is 0.241 e. The van der Waals surface area contributed by atoms with E-state index in [4.69, 9.17) is 0 Å². The van der Waals surface area contributed by atoms with E-state index >= 15 is 0 Å². The fourth-order valence-electron chi connectivity index (χ4n) is 4.04. The lowest BCUT2D eigenvalue weighted by molar-refractivity contribution is -0.121. The summed E-state index contributed by atoms with van der Waals surface area (Å²) in [6.45, 7) is 5.81. The molecule has 2 saturated heterocycles. The maximum Gasteiger partial charge on any atom is 0.241 e. The molecule has 0 aliphatic carbocycles. The van der Waals surface area contributed by atoms with Crippen LogP contribution in [0.2, 0.25) is 0 Å². The maximum absolute atomic E-state index is 12.6. The van der Waals surface area contributed by atoms with Gasteiger partial charge >= 0.3 is 0 Å². The Morgan fingerprint density at radius 3 is 2.43 bits per heavy atom. The van der Waals surface area contributed by atoms with Crippen molar-refractivity contribution in [1.29, 1.82) is 0 Å². The molecule has 6 nitrogen and oxygen atoms in total. The molecule has 2 heterocycles. The van der Waals surface area contributed by atoms with Gasteiger partial charge in [0.1, 0.15) is 0 Å². The van der Waals surface area contributed by atoms with Crippen LogP contribution < -0.4 is 15.5 Å². The van der Waals surface area contributed by atoms with Crippen molar-refractivity contribution >= 4 is 35.6 Å². The number of amides is 2. The molecule has 1 aromatic carbocycles. The summed E-state index contributed by atoms with van der Waals surface area (Å²) in [5.74, 6) is 0.983. The van der Waals surface area contributed by atoms with E-state index in [1.807, 2.05) is 43.1 Å². The highest BCUT2D eigenvalue weighted by atomic mass is 35.5. The van der Waals surface area contributed by atoms with Crippen LogP contribution in [0, 0.1) is 5.92 Å². The molecule has 1 aromatic rings. The molecular weight excluding hydrogens is 376 g/mol. The lowest BCUT2D eigenvalue weighted by Crippen LogP contribution is -2.46. The minimum atomic E-state index is -0.130. The largest absolute Gasteiger partial charge is 0.325 e. The van der Waals surface area contributed by atoms with Gasteiger partial charge in [0.15, 0.2) is 0 Å². The minimum Gasteiger partial charge on any atom is -0.325 e. The van der Waals surface area contributed by atoms with E-state index < -0.39 is 0 Å². The van der Waals surface area contributed by atoms with Gasteiger partial charge in [-0.05, 0) is 89.5 Å². The molecule has 1 unspecified atom stereocenters. The van der Waals surface area contributed by atoms with Gasteiger partial charge in [0.25, 0.3) is 0 Å². The van der Waals surface area contributed by atoms with E-state index in [9.17, 15) is 9.59 Å². The first-order valence-corrected chi connectivity index (χ1v) is 10.2. The number of carbonyl (C=O) groups excluding carboxylic acids is 2. The van der Waals surface area contributed by atoms with Gasteiger partial charge in [-0.25, -0.2) is 0 Å². The summed E-state index contributed by atoms with van der Waals surface area (Å²) in [7, 11) is 2.00. The molecule has 0 radical (unpaired) electrons. The summed E-state index contributed by atoms with van der Waals surface area (Å²) in [4.78, 5) is 28.6. The second kappa shape index (κ2) is 10.8. The number of anilines is 2. The van der Waals surface area contributed by atoms with Crippen molar-refractivity contribution in [2.45, 2.75) is 45.1 Å². The summed E-state index contributed by atoms with van der Waals surface area (Å²) in [6.07, 6.45) is 5.09. The van der Waals surface area contributed by atoms with Crippen molar-refractivity contribution in [3.8, 4) is 0 Å². The van der Waals surface area contributed by atoms with Gasteiger partial charge in [-0.2, -0.15) is 0 Å². The molecule has 156 valence electrons. The monoisotopic (exact) mass is 408 g/mol. The summed E-state index contributed by atoms with van der Waals surface area (Å²) in [5.41, 5.74) is 1.69. The molecule has 2 N–H and O–H groups in total. The van der Waals surface area contributed by atoms with Crippen molar-refractivity contribution in [2.24, 2.45) is 5.92 Å². The lowest BCUT2D eigenvalue weighted by Gasteiger charge is -2.35. The van der Waals surface area contributed by atoms with Gasteiger partial charge in [-0.1, -0.05) is 0 Å². The van der Waals surface area contributed by atoms with E-state index in [0.29, 0.717) is 6.42 Å². The molecule has 0 aromatic heterocycles. The first-order valence-electron chi connectivity index (χ1n) is 10.2. The average Bonchev–Trinajstić information content (AvgIpc) is 3.12. The predicted molar refractivity (Wildman–Crippen MR) is 116 cm³/mol. The molecule has 7 heteroatoms. The fourth-order valence-corrected chi connectivity index (χ4v) is 4.04. The standard InChI is InChI=1S/C21H32N4O2.ClH/c1-16(24-14-10-17(11-15-24)9-12-22-2)21(27)23-18-5-7-19(8-6-18)25-13-3-4-20(25)26;/h5-8,16-17,22H,3-4,9-15H2,1-2H3,(H,23,27);1H. The highest BCUT2D eigenvalue weighted by Crippen LogP contribution is 2.24. The summed E-state index contributed by atoms with van der Waals surface area (Å²) < 4.78 is 0. The third-order valence-electron chi connectivity index (χ3n) is 5.90. The maximum atomic E-state index is 12.6. The topological polar surface area (TPSA) is 64.7 Å². The molecule has 0 spiro atoms. The Morgan fingerprint density at radius 2 is 1.86 bits per heavy atom. The van der Waals surface area contributed by atoms with E-state index in [0.717, 1.165) is 62.7 Å². The number of carbonyl (C=O) groups is 2. The number of nitrogens with zero attached hydrogens (tertiary/aromatic N) is 2. The quantitative estimate of drug-likeness (QED) is 0.728. The van der Waals surface area contributed by atoms with Crippen molar-refractivity contribution in [1.82, 2.24) is 10.2 Å². The fraction of sp³-hybridized carbons (Fsp3) is 0.619. The zero-order valence-electron chi connectivity index (χ0n) is 16.9. The Bertz CT molecular complexity index is 644. The summed E-state index contributed by atoms with van der Waals surface area (Å²) >= 11 is 0. The van der Waals surface area contributed by atoms with Crippen LogP contribution in [-0.2, 0) is 9.59 Å².